The van der Waals surface area contributed by atoms with Crippen LogP contribution in [0.15, 0.2) is 94.6 Å². The third kappa shape index (κ3) is 5.65. The van der Waals surface area contributed by atoms with E-state index in [2.05, 4.69) is 31.8 Å². The lowest BCUT2D eigenvalue weighted by Crippen LogP contribution is -2.32. The highest BCUT2D eigenvalue weighted by atomic mass is 79.9. The average Bonchev–Trinajstić information content (AvgIpc) is 3.29. The summed E-state index contributed by atoms with van der Waals surface area (Å²) in [6, 6.07) is 24.7. The second-order valence-corrected chi connectivity index (χ2v) is 8.34. The van der Waals surface area contributed by atoms with Gasteiger partial charge in [0.25, 0.3) is 0 Å². The van der Waals surface area contributed by atoms with Gasteiger partial charge in [-0.3, -0.25) is 9.59 Å². The number of nitrogens with zero attached hydrogens (tertiary/aromatic N) is 3. The van der Waals surface area contributed by atoms with Gasteiger partial charge in [-0.1, -0.05) is 65.3 Å². The average molecular weight is 516 g/mol. The number of amides is 2. The van der Waals surface area contributed by atoms with E-state index < -0.39 is 11.8 Å². The number of nitrogens with one attached hydrogen (secondary N) is 2. The quantitative estimate of drug-likeness (QED) is 0.216. The molecule has 170 valence electrons. The van der Waals surface area contributed by atoms with E-state index in [1.807, 2.05) is 79.9 Å². The van der Waals surface area contributed by atoms with Gasteiger partial charge < -0.3 is 5.32 Å². The molecule has 0 fully saturated rings. The molecule has 0 atom stereocenters. The topological polar surface area (TPSA) is 88.4 Å². The molecule has 0 unspecified atom stereocenters. The highest BCUT2D eigenvalue weighted by Crippen LogP contribution is 2.24. The van der Waals surface area contributed by atoms with Crippen molar-refractivity contribution >= 4 is 39.6 Å². The highest BCUT2D eigenvalue weighted by molar-refractivity contribution is 9.10. The van der Waals surface area contributed by atoms with Gasteiger partial charge in [-0.2, -0.15) is 10.2 Å². The number of carbonyl (C=O) groups excluding carboxylic acids is 2. The van der Waals surface area contributed by atoms with Gasteiger partial charge in [0, 0.05) is 27.5 Å². The zero-order valence-electron chi connectivity index (χ0n) is 18.4. The van der Waals surface area contributed by atoms with Crippen LogP contribution in [0.4, 0.5) is 5.69 Å². The van der Waals surface area contributed by atoms with E-state index in [1.165, 1.54) is 6.21 Å². The molecule has 1 aromatic heterocycles. The lowest BCUT2D eigenvalue weighted by Gasteiger charge is -2.04. The van der Waals surface area contributed by atoms with Crippen LogP contribution in [0, 0.1) is 0 Å². The van der Waals surface area contributed by atoms with Gasteiger partial charge in [-0.15, -0.1) is 0 Å². The van der Waals surface area contributed by atoms with Gasteiger partial charge in [0.05, 0.1) is 11.9 Å². The number of para-hydroxylation sites is 1. The predicted molar refractivity (Wildman–Crippen MR) is 137 cm³/mol. The summed E-state index contributed by atoms with van der Waals surface area (Å²) in [6.45, 7) is 2.05. The minimum Gasteiger partial charge on any atom is -0.318 e. The Morgan fingerprint density at radius 1 is 0.971 bits per heavy atom. The number of halogens is 1. The summed E-state index contributed by atoms with van der Waals surface area (Å²) in [6.07, 6.45) is 4.19. The second kappa shape index (κ2) is 10.7. The number of aromatic nitrogens is 2. The monoisotopic (exact) mass is 515 g/mol. The Hall–Kier alpha value is -4.04. The van der Waals surface area contributed by atoms with E-state index in [0.29, 0.717) is 16.9 Å². The Morgan fingerprint density at radius 2 is 1.68 bits per heavy atom. The molecule has 0 bridgehead atoms. The third-order valence-electron chi connectivity index (χ3n) is 5.08. The summed E-state index contributed by atoms with van der Waals surface area (Å²) < 4.78 is 2.70. The minimum absolute atomic E-state index is 0.544. The van der Waals surface area contributed by atoms with Crippen LogP contribution >= 0.6 is 15.9 Å². The molecule has 0 saturated carbocycles. The molecule has 3 aromatic carbocycles. The number of hydrazone groups is 1. The van der Waals surface area contributed by atoms with E-state index in [4.69, 9.17) is 5.10 Å². The van der Waals surface area contributed by atoms with Gasteiger partial charge >= 0.3 is 11.8 Å². The first-order chi connectivity index (χ1) is 16.5. The molecule has 2 N–H and O–H groups in total. The van der Waals surface area contributed by atoms with Gasteiger partial charge in [0.1, 0.15) is 5.69 Å². The first-order valence-electron chi connectivity index (χ1n) is 10.7. The summed E-state index contributed by atoms with van der Waals surface area (Å²) in [4.78, 5) is 24.4. The van der Waals surface area contributed by atoms with Crippen molar-refractivity contribution in [3.63, 3.8) is 0 Å². The summed E-state index contributed by atoms with van der Waals surface area (Å²) in [5.41, 5.74) is 7.12. The van der Waals surface area contributed by atoms with Crippen molar-refractivity contribution in [3.8, 4) is 16.9 Å². The number of anilines is 1. The standard InChI is InChI=1S/C26H22BrN5O2/c1-2-18-8-14-22(15-9-18)29-25(33)26(34)30-28-16-20-17-32(23-6-4-3-5-7-23)31-24(20)19-10-12-21(27)13-11-19/h3-17H,2H2,1H3,(H,29,33)(H,30,34)/b28-16+. The van der Waals surface area contributed by atoms with Gasteiger partial charge in [-0.25, -0.2) is 10.1 Å². The molecule has 2 amide bonds. The number of hydrogen-bond donors (Lipinski definition) is 2. The number of hydrogen-bond acceptors (Lipinski definition) is 4. The number of benzene rings is 3. The maximum absolute atomic E-state index is 12.2. The maximum Gasteiger partial charge on any atom is 0.329 e. The molecule has 0 aliphatic heterocycles. The van der Waals surface area contributed by atoms with Crippen molar-refractivity contribution in [2.45, 2.75) is 13.3 Å². The molecule has 0 aliphatic carbocycles. The van der Waals surface area contributed by atoms with Crippen molar-refractivity contribution in [1.82, 2.24) is 15.2 Å². The molecule has 0 aliphatic rings. The molecule has 8 heteroatoms. The number of rotatable bonds is 6. The van der Waals surface area contributed by atoms with Crippen molar-refractivity contribution in [1.29, 1.82) is 0 Å². The van der Waals surface area contributed by atoms with E-state index in [-0.39, 0.29) is 0 Å². The van der Waals surface area contributed by atoms with Crippen LogP contribution in [0.5, 0.6) is 0 Å². The highest BCUT2D eigenvalue weighted by Gasteiger charge is 2.14. The number of aryl methyl sites for hydroxylation is 1. The molecular formula is C26H22BrN5O2. The molecule has 7 nitrogen and oxygen atoms in total. The Kier molecular flexibility index (Phi) is 7.29. The molecule has 0 spiro atoms. The van der Waals surface area contributed by atoms with Crippen molar-refractivity contribution in [2.24, 2.45) is 5.10 Å². The van der Waals surface area contributed by atoms with Crippen molar-refractivity contribution in [2.75, 3.05) is 5.32 Å². The van der Waals surface area contributed by atoms with Crippen LogP contribution in [-0.4, -0.2) is 27.8 Å². The fourth-order valence-corrected chi connectivity index (χ4v) is 3.51. The Morgan fingerprint density at radius 3 is 2.35 bits per heavy atom. The molecular weight excluding hydrogens is 494 g/mol. The first-order valence-corrected chi connectivity index (χ1v) is 11.5. The number of carbonyl (C=O) groups is 2. The van der Waals surface area contributed by atoms with Gasteiger partial charge in [0.15, 0.2) is 0 Å². The van der Waals surface area contributed by atoms with Gasteiger partial charge in [0.2, 0.25) is 0 Å². The van der Waals surface area contributed by atoms with Crippen LogP contribution in [0.25, 0.3) is 16.9 Å². The van der Waals surface area contributed by atoms with Gasteiger partial charge in [-0.05, 0) is 48.4 Å². The maximum atomic E-state index is 12.2. The largest absolute Gasteiger partial charge is 0.329 e. The van der Waals surface area contributed by atoms with E-state index in [0.717, 1.165) is 27.7 Å². The van der Waals surface area contributed by atoms with Crippen LogP contribution in [0.1, 0.15) is 18.1 Å². The smallest absolute Gasteiger partial charge is 0.318 e. The molecule has 0 saturated heterocycles. The second-order valence-electron chi connectivity index (χ2n) is 7.42. The molecule has 34 heavy (non-hydrogen) atoms. The van der Waals surface area contributed by atoms with Crippen LogP contribution in [0.2, 0.25) is 0 Å². The summed E-state index contributed by atoms with van der Waals surface area (Å²) >= 11 is 3.44. The lowest BCUT2D eigenvalue weighted by atomic mass is 10.1. The Labute approximate surface area is 205 Å². The lowest BCUT2D eigenvalue weighted by molar-refractivity contribution is -0.136. The molecule has 0 radical (unpaired) electrons. The van der Waals surface area contributed by atoms with Crippen LogP contribution in [0.3, 0.4) is 0 Å². The van der Waals surface area contributed by atoms with Crippen LogP contribution in [-0.2, 0) is 16.0 Å². The SMILES string of the molecule is CCc1ccc(NC(=O)C(=O)N/N=C/c2cn(-c3ccccc3)nc2-c2ccc(Br)cc2)cc1. The minimum atomic E-state index is -0.864. The summed E-state index contributed by atoms with van der Waals surface area (Å²) in [5.74, 6) is -1.66. The van der Waals surface area contributed by atoms with Crippen LogP contribution < -0.4 is 10.7 Å². The summed E-state index contributed by atoms with van der Waals surface area (Å²) in [7, 11) is 0. The third-order valence-corrected chi connectivity index (χ3v) is 5.61. The van der Waals surface area contributed by atoms with Crippen molar-refractivity contribution in [3.05, 3.63) is 101 Å². The Balaban J connectivity index is 1.50. The Bertz CT molecular complexity index is 1310. The van der Waals surface area contributed by atoms with E-state index in [9.17, 15) is 9.59 Å². The summed E-state index contributed by atoms with van der Waals surface area (Å²) in [5, 5.41) is 11.3. The van der Waals surface area contributed by atoms with Crippen molar-refractivity contribution < 1.29 is 9.59 Å². The molecule has 4 rings (SSSR count). The predicted octanol–water partition coefficient (Wildman–Crippen LogP) is 4.95. The fourth-order valence-electron chi connectivity index (χ4n) is 3.25. The molecule has 4 aromatic rings. The van der Waals surface area contributed by atoms with E-state index in [1.54, 1.807) is 16.8 Å². The normalized spacial score (nSPS) is 10.9. The van der Waals surface area contributed by atoms with E-state index >= 15 is 0 Å². The zero-order valence-corrected chi connectivity index (χ0v) is 20.0. The first kappa shape index (κ1) is 23.1. The zero-order chi connectivity index (χ0) is 23.9. The fraction of sp³-hybridized carbons (Fsp3) is 0.0769. The molecule has 1 heterocycles.